The van der Waals surface area contributed by atoms with Crippen molar-refractivity contribution in [2.24, 2.45) is 0 Å². The molecule has 8 nitrogen and oxygen atoms in total. The number of rotatable bonds is 5. The van der Waals surface area contributed by atoms with Gasteiger partial charge < -0.3 is 29.8 Å². The molecule has 0 saturated carbocycles. The number of halogens is 1. The second kappa shape index (κ2) is 8.42. The SMILES string of the molecule is O=C(Nc1ccc(F)cc1)N(CCO)Cc1cc2cc3c(cc2[nH]c1=O)OCCO3. The Morgan fingerprint density at radius 3 is 2.53 bits per heavy atom. The second-order valence-electron chi connectivity index (χ2n) is 6.79. The molecule has 0 fully saturated rings. The summed E-state index contributed by atoms with van der Waals surface area (Å²) in [5.74, 6) is 0.741. The standard InChI is InChI=1S/C21H20FN3O5/c22-15-1-3-16(4-2-15)23-21(28)25(5-6-26)12-14-9-13-10-18-19(30-8-7-29-18)11-17(13)24-20(14)27/h1-4,9-11,26H,5-8,12H2,(H,23,28)(H,24,27). The number of benzene rings is 2. The minimum atomic E-state index is -0.516. The molecular formula is C21H20FN3O5. The van der Waals surface area contributed by atoms with E-state index in [9.17, 15) is 19.1 Å². The molecule has 2 amide bonds. The maximum absolute atomic E-state index is 13.1. The first kappa shape index (κ1) is 19.7. The van der Waals surface area contributed by atoms with Crippen molar-refractivity contribution in [3.05, 3.63) is 64.2 Å². The Kier molecular flexibility index (Phi) is 5.53. The Labute approximate surface area is 170 Å². The van der Waals surface area contributed by atoms with Crippen LogP contribution in [-0.2, 0) is 6.54 Å². The van der Waals surface area contributed by atoms with Crippen LogP contribution in [0.3, 0.4) is 0 Å². The van der Waals surface area contributed by atoms with E-state index in [2.05, 4.69) is 10.3 Å². The number of carbonyl (C=O) groups excluding carboxylic acids is 1. The summed E-state index contributed by atoms with van der Waals surface area (Å²) in [4.78, 5) is 29.3. The molecule has 3 aromatic rings. The van der Waals surface area contributed by atoms with Gasteiger partial charge in [0.2, 0.25) is 0 Å². The number of urea groups is 1. The third-order valence-electron chi connectivity index (χ3n) is 4.70. The highest BCUT2D eigenvalue weighted by molar-refractivity contribution is 5.89. The number of pyridine rings is 1. The molecule has 0 atom stereocenters. The van der Waals surface area contributed by atoms with Gasteiger partial charge in [0.25, 0.3) is 5.56 Å². The summed E-state index contributed by atoms with van der Waals surface area (Å²) >= 11 is 0. The topological polar surface area (TPSA) is 104 Å². The Morgan fingerprint density at radius 1 is 1.13 bits per heavy atom. The summed E-state index contributed by atoms with van der Waals surface area (Å²) in [6.45, 7) is 0.614. The van der Waals surface area contributed by atoms with Crippen molar-refractivity contribution in [1.29, 1.82) is 0 Å². The normalized spacial score (nSPS) is 12.6. The molecule has 0 aliphatic carbocycles. The Bertz CT molecular complexity index is 1130. The van der Waals surface area contributed by atoms with Gasteiger partial charge in [0.1, 0.15) is 19.0 Å². The van der Waals surface area contributed by atoms with Crippen LogP contribution in [0.2, 0.25) is 0 Å². The van der Waals surface area contributed by atoms with Gasteiger partial charge >= 0.3 is 6.03 Å². The van der Waals surface area contributed by atoms with Gasteiger partial charge in [0.05, 0.1) is 18.7 Å². The van der Waals surface area contributed by atoms with E-state index in [-0.39, 0.29) is 25.3 Å². The number of aromatic nitrogens is 1. The lowest BCUT2D eigenvalue weighted by molar-refractivity contribution is 0.172. The van der Waals surface area contributed by atoms with E-state index in [1.54, 1.807) is 18.2 Å². The molecule has 30 heavy (non-hydrogen) atoms. The molecule has 1 aliphatic heterocycles. The quantitative estimate of drug-likeness (QED) is 0.596. The molecule has 0 spiro atoms. The molecule has 9 heteroatoms. The van der Waals surface area contributed by atoms with Crippen molar-refractivity contribution < 1.29 is 23.8 Å². The number of H-pyrrole nitrogens is 1. The molecule has 0 bridgehead atoms. The number of carbonyl (C=O) groups is 1. The molecule has 3 N–H and O–H groups in total. The van der Waals surface area contributed by atoms with E-state index >= 15 is 0 Å². The molecule has 0 saturated heterocycles. The summed E-state index contributed by atoms with van der Waals surface area (Å²) < 4.78 is 24.2. The Hall–Kier alpha value is -3.59. The lowest BCUT2D eigenvalue weighted by Crippen LogP contribution is -2.38. The number of amides is 2. The molecule has 0 unspecified atom stereocenters. The number of ether oxygens (including phenoxy) is 2. The van der Waals surface area contributed by atoms with Crippen molar-refractivity contribution in [2.45, 2.75) is 6.54 Å². The van der Waals surface area contributed by atoms with Crippen LogP contribution < -0.4 is 20.3 Å². The highest BCUT2D eigenvalue weighted by atomic mass is 19.1. The summed E-state index contributed by atoms with van der Waals surface area (Å²) in [5, 5.41) is 12.7. The van der Waals surface area contributed by atoms with Crippen molar-refractivity contribution >= 4 is 22.6 Å². The van der Waals surface area contributed by atoms with Gasteiger partial charge in [0, 0.05) is 29.2 Å². The molecule has 0 radical (unpaired) electrons. The number of fused-ring (bicyclic) bond motifs is 2. The van der Waals surface area contributed by atoms with Gasteiger partial charge in [-0.25, -0.2) is 9.18 Å². The lowest BCUT2D eigenvalue weighted by Gasteiger charge is -2.22. The summed E-state index contributed by atoms with van der Waals surface area (Å²) in [6, 6.07) is 9.97. The monoisotopic (exact) mass is 413 g/mol. The van der Waals surface area contributed by atoms with Gasteiger partial charge in [-0.2, -0.15) is 0 Å². The average Bonchev–Trinajstić information content (AvgIpc) is 2.74. The first-order chi connectivity index (χ1) is 14.5. The molecule has 2 aromatic carbocycles. The number of hydrogen-bond acceptors (Lipinski definition) is 5. The number of anilines is 1. The fourth-order valence-electron chi connectivity index (χ4n) is 3.22. The van der Waals surface area contributed by atoms with Crippen LogP contribution in [0.15, 0.2) is 47.3 Å². The Balaban J connectivity index is 1.59. The smallest absolute Gasteiger partial charge is 0.322 e. The van der Waals surface area contributed by atoms with E-state index in [1.165, 1.54) is 29.2 Å². The van der Waals surface area contributed by atoms with E-state index in [4.69, 9.17) is 9.47 Å². The number of nitrogens with zero attached hydrogens (tertiary/aromatic N) is 1. The molecule has 4 rings (SSSR count). The first-order valence-corrected chi connectivity index (χ1v) is 9.41. The number of aliphatic hydroxyl groups is 1. The minimum Gasteiger partial charge on any atom is -0.486 e. The zero-order valence-corrected chi connectivity index (χ0v) is 16.0. The number of nitrogens with one attached hydrogen (secondary N) is 2. The van der Waals surface area contributed by atoms with Crippen LogP contribution in [0.5, 0.6) is 11.5 Å². The number of aromatic amines is 1. The molecular weight excluding hydrogens is 393 g/mol. The molecule has 156 valence electrons. The van der Waals surface area contributed by atoms with Gasteiger partial charge in [0.15, 0.2) is 11.5 Å². The van der Waals surface area contributed by atoms with Gasteiger partial charge in [-0.05, 0) is 36.4 Å². The van der Waals surface area contributed by atoms with E-state index in [1.807, 2.05) is 0 Å². The van der Waals surface area contributed by atoms with Crippen molar-refractivity contribution in [2.75, 3.05) is 31.7 Å². The van der Waals surface area contributed by atoms with Gasteiger partial charge in [-0.15, -0.1) is 0 Å². The Morgan fingerprint density at radius 2 is 1.83 bits per heavy atom. The van der Waals surface area contributed by atoms with Crippen molar-refractivity contribution in [3.8, 4) is 11.5 Å². The number of hydrogen-bond donors (Lipinski definition) is 3. The van der Waals surface area contributed by atoms with Crippen LogP contribution in [0.4, 0.5) is 14.9 Å². The van der Waals surface area contributed by atoms with Crippen LogP contribution in [0, 0.1) is 5.82 Å². The van der Waals surface area contributed by atoms with Crippen LogP contribution in [-0.4, -0.2) is 47.4 Å². The van der Waals surface area contributed by atoms with Crippen LogP contribution in [0.1, 0.15) is 5.56 Å². The molecule has 1 aliphatic rings. The summed E-state index contributed by atoms with van der Waals surface area (Å²) in [5.41, 5.74) is 0.997. The predicted molar refractivity (Wildman–Crippen MR) is 108 cm³/mol. The predicted octanol–water partition coefficient (Wildman–Crippen LogP) is 2.46. The fraction of sp³-hybridized carbons (Fsp3) is 0.238. The highest BCUT2D eigenvalue weighted by Crippen LogP contribution is 2.33. The maximum Gasteiger partial charge on any atom is 0.322 e. The van der Waals surface area contributed by atoms with Crippen LogP contribution in [0.25, 0.3) is 10.9 Å². The number of aliphatic hydroxyl groups excluding tert-OH is 1. The van der Waals surface area contributed by atoms with E-state index in [0.717, 1.165) is 5.39 Å². The first-order valence-electron chi connectivity index (χ1n) is 9.41. The molecule has 1 aromatic heterocycles. The molecule has 2 heterocycles. The third kappa shape index (κ3) is 4.20. The minimum absolute atomic E-state index is 0.0195. The largest absolute Gasteiger partial charge is 0.486 e. The van der Waals surface area contributed by atoms with Gasteiger partial charge in [-0.3, -0.25) is 4.79 Å². The third-order valence-corrected chi connectivity index (χ3v) is 4.70. The van der Waals surface area contributed by atoms with Gasteiger partial charge in [-0.1, -0.05) is 0 Å². The maximum atomic E-state index is 13.1. The van der Waals surface area contributed by atoms with E-state index in [0.29, 0.717) is 41.5 Å². The second-order valence-corrected chi connectivity index (χ2v) is 6.79. The van der Waals surface area contributed by atoms with E-state index < -0.39 is 11.8 Å². The average molecular weight is 413 g/mol. The zero-order chi connectivity index (χ0) is 21.1. The summed E-state index contributed by atoms with van der Waals surface area (Å²) in [6.07, 6.45) is 0. The zero-order valence-electron chi connectivity index (χ0n) is 16.0. The highest BCUT2D eigenvalue weighted by Gasteiger charge is 2.18. The summed E-state index contributed by atoms with van der Waals surface area (Å²) in [7, 11) is 0. The van der Waals surface area contributed by atoms with Crippen LogP contribution >= 0.6 is 0 Å². The fourth-order valence-corrected chi connectivity index (χ4v) is 3.22. The van der Waals surface area contributed by atoms with Crippen molar-refractivity contribution in [1.82, 2.24) is 9.88 Å². The lowest BCUT2D eigenvalue weighted by atomic mass is 10.1. The van der Waals surface area contributed by atoms with Crippen molar-refractivity contribution in [3.63, 3.8) is 0 Å².